The van der Waals surface area contributed by atoms with Crippen molar-refractivity contribution in [2.24, 2.45) is 0 Å². The fourth-order valence-electron chi connectivity index (χ4n) is 2.81. The molecule has 6 nitrogen and oxygen atoms in total. The van der Waals surface area contributed by atoms with Gasteiger partial charge in [0.05, 0.1) is 5.69 Å². The van der Waals surface area contributed by atoms with Crippen LogP contribution in [0.1, 0.15) is 5.76 Å². The molecule has 4 rings (SSSR count). The summed E-state index contributed by atoms with van der Waals surface area (Å²) in [4.78, 5) is 38.1. The topological polar surface area (TPSA) is 79.6 Å². The molecule has 0 unspecified atom stereocenters. The Hall–Kier alpha value is -3.64. The number of benzene rings is 2. The van der Waals surface area contributed by atoms with Crippen molar-refractivity contribution in [3.05, 3.63) is 83.1 Å². The van der Waals surface area contributed by atoms with Gasteiger partial charge in [0.1, 0.15) is 17.1 Å². The second-order valence-electron chi connectivity index (χ2n) is 6.00. The van der Waals surface area contributed by atoms with Crippen LogP contribution in [0.15, 0.2) is 76.7 Å². The Morgan fingerprint density at radius 2 is 1.61 bits per heavy atom. The van der Waals surface area contributed by atoms with Gasteiger partial charge in [0.2, 0.25) is 0 Å². The molecule has 3 aromatic rings. The van der Waals surface area contributed by atoms with Crippen molar-refractivity contribution in [1.82, 2.24) is 5.32 Å². The van der Waals surface area contributed by atoms with Gasteiger partial charge in [-0.05, 0) is 42.5 Å². The van der Waals surface area contributed by atoms with Crippen molar-refractivity contribution in [3.8, 4) is 11.3 Å². The molecule has 1 aromatic heterocycles. The van der Waals surface area contributed by atoms with Gasteiger partial charge < -0.3 is 4.42 Å². The van der Waals surface area contributed by atoms with Crippen LogP contribution in [0.3, 0.4) is 0 Å². The Bertz CT molecular complexity index is 1100. The van der Waals surface area contributed by atoms with Gasteiger partial charge >= 0.3 is 6.03 Å². The molecule has 7 heteroatoms. The van der Waals surface area contributed by atoms with E-state index in [1.807, 2.05) is 30.3 Å². The van der Waals surface area contributed by atoms with E-state index in [1.165, 1.54) is 18.2 Å². The number of hydrogen-bond acceptors (Lipinski definition) is 4. The molecule has 2 heterocycles. The van der Waals surface area contributed by atoms with E-state index in [0.29, 0.717) is 22.2 Å². The smallest absolute Gasteiger partial charge is 0.335 e. The standard InChI is InChI=1S/C21H13ClN2O4/c22-14-6-8-15(9-7-14)24-20(26)17(19(25)23-21(24)27)12-16-10-11-18(28-16)13-4-2-1-3-5-13/h1-12H,(H,23,25,27)/b17-12-. The summed E-state index contributed by atoms with van der Waals surface area (Å²) >= 11 is 5.85. The lowest BCUT2D eigenvalue weighted by atomic mass is 10.1. The van der Waals surface area contributed by atoms with Crippen LogP contribution in [0, 0.1) is 0 Å². The molecule has 1 N–H and O–H groups in total. The highest BCUT2D eigenvalue weighted by molar-refractivity contribution is 6.39. The summed E-state index contributed by atoms with van der Waals surface area (Å²) in [6.07, 6.45) is 1.32. The van der Waals surface area contributed by atoms with Crippen molar-refractivity contribution < 1.29 is 18.8 Å². The summed E-state index contributed by atoms with van der Waals surface area (Å²) in [6, 6.07) is 18.1. The number of nitrogens with zero attached hydrogens (tertiary/aromatic N) is 1. The molecule has 1 aliphatic rings. The fourth-order valence-corrected chi connectivity index (χ4v) is 2.94. The average molecular weight is 393 g/mol. The second-order valence-corrected chi connectivity index (χ2v) is 6.44. The molecular formula is C21H13ClN2O4. The Balaban J connectivity index is 1.67. The summed E-state index contributed by atoms with van der Waals surface area (Å²) in [5.74, 6) is -0.601. The van der Waals surface area contributed by atoms with E-state index in [2.05, 4.69) is 5.32 Å². The van der Waals surface area contributed by atoms with E-state index in [1.54, 1.807) is 24.3 Å². The fraction of sp³-hybridized carbons (Fsp3) is 0. The number of amides is 4. The van der Waals surface area contributed by atoms with Gasteiger partial charge in [-0.1, -0.05) is 41.9 Å². The lowest BCUT2D eigenvalue weighted by Crippen LogP contribution is -2.54. The first-order chi connectivity index (χ1) is 13.5. The monoisotopic (exact) mass is 392 g/mol. The molecule has 0 aliphatic carbocycles. The summed E-state index contributed by atoms with van der Waals surface area (Å²) < 4.78 is 5.72. The molecule has 0 saturated carbocycles. The zero-order valence-corrected chi connectivity index (χ0v) is 15.1. The van der Waals surface area contributed by atoms with Gasteiger partial charge in [-0.25, -0.2) is 9.69 Å². The number of carbonyl (C=O) groups is 3. The van der Waals surface area contributed by atoms with E-state index in [4.69, 9.17) is 16.0 Å². The third-order valence-corrected chi connectivity index (χ3v) is 4.41. The van der Waals surface area contributed by atoms with E-state index in [0.717, 1.165) is 10.5 Å². The summed E-state index contributed by atoms with van der Waals surface area (Å²) in [5, 5.41) is 2.63. The Morgan fingerprint density at radius 1 is 0.893 bits per heavy atom. The molecule has 0 radical (unpaired) electrons. The van der Waals surface area contributed by atoms with E-state index in [9.17, 15) is 14.4 Å². The Morgan fingerprint density at radius 3 is 2.32 bits per heavy atom. The number of hydrogen-bond donors (Lipinski definition) is 1. The first-order valence-electron chi connectivity index (χ1n) is 8.35. The molecule has 0 bridgehead atoms. The van der Waals surface area contributed by atoms with Crippen LogP contribution >= 0.6 is 11.6 Å². The highest BCUT2D eigenvalue weighted by Gasteiger charge is 2.37. The first-order valence-corrected chi connectivity index (χ1v) is 8.73. The van der Waals surface area contributed by atoms with Crippen LogP contribution in [0.25, 0.3) is 17.4 Å². The molecule has 2 aromatic carbocycles. The number of barbiturate groups is 1. The zero-order valence-electron chi connectivity index (χ0n) is 14.4. The van der Waals surface area contributed by atoms with Crippen molar-refractivity contribution >= 4 is 41.2 Å². The SMILES string of the molecule is O=C1NC(=O)N(c2ccc(Cl)cc2)C(=O)/C1=C\c1ccc(-c2ccccc2)o1. The van der Waals surface area contributed by atoms with Gasteiger partial charge in [-0.2, -0.15) is 0 Å². The van der Waals surface area contributed by atoms with Gasteiger partial charge in [-0.3, -0.25) is 14.9 Å². The van der Waals surface area contributed by atoms with Gasteiger partial charge in [0.15, 0.2) is 0 Å². The van der Waals surface area contributed by atoms with Crippen molar-refractivity contribution in [2.45, 2.75) is 0 Å². The van der Waals surface area contributed by atoms with Crippen molar-refractivity contribution in [1.29, 1.82) is 0 Å². The van der Waals surface area contributed by atoms with Crippen LogP contribution in [-0.4, -0.2) is 17.8 Å². The number of furan rings is 1. The third kappa shape index (κ3) is 3.33. The minimum atomic E-state index is -0.820. The van der Waals surface area contributed by atoms with Gasteiger partial charge in [0.25, 0.3) is 11.8 Å². The summed E-state index contributed by atoms with van der Waals surface area (Å²) in [5.41, 5.74) is 0.961. The van der Waals surface area contributed by atoms with Crippen LogP contribution in [-0.2, 0) is 9.59 Å². The number of rotatable bonds is 3. The van der Waals surface area contributed by atoms with Crippen LogP contribution < -0.4 is 10.2 Å². The minimum Gasteiger partial charge on any atom is -0.457 e. The lowest BCUT2D eigenvalue weighted by molar-refractivity contribution is -0.122. The third-order valence-electron chi connectivity index (χ3n) is 4.16. The van der Waals surface area contributed by atoms with Crippen LogP contribution in [0.5, 0.6) is 0 Å². The zero-order chi connectivity index (χ0) is 19.7. The number of anilines is 1. The second kappa shape index (κ2) is 7.17. The van der Waals surface area contributed by atoms with Crippen molar-refractivity contribution in [3.63, 3.8) is 0 Å². The maximum atomic E-state index is 12.8. The summed E-state index contributed by atoms with van der Waals surface area (Å²) in [6.45, 7) is 0. The molecular weight excluding hydrogens is 380 g/mol. The van der Waals surface area contributed by atoms with Crippen LogP contribution in [0.2, 0.25) is 5.02 Å². The number of carbonyl (C=O) groups excluding carboxylic acids is 3. The van der Waals surface area contributed by atoms with E-state index >= 15 is 0 Å². The predicted molar refractivity (Wildman–Crippen MR) is 105 cm³/mol. The predicted octanol–water partition coefficient (Wildman–Crippen LogP) is 4.27. The molecule has 138 valence electrons. The Kier molecular flexibility index (Phi) is 4.55. The first kappa shape index (κ1) is 17.8. The quantitative estimate of drug-likeness (QED) is 0.533. The molecule has 28 heavy (non-hydrogen) atoms. The number of nitrogens with one attached hydrogen (secondary N) is 1. The molecule has 0 atom stereocenters. The van der Waals surface area contributed by atoms with Gasteiger partial charge in [0, 0.05) is 10.6 Å². The maximum absolute atomic E-state index is 12.8. The average Bonchev–Trinajstić information content (AvgIpc) is 3.16. The summed E-state index contributed by atoms with van der Waals surface area (Å²) in [7, 11) is 0. The maximum Gasteiger partial charge on any atom is 0.335 e. The number of halogens is 1. The highest BCUT2D eigenvalue weighted by Crippen LogP contribution is 2.26. The Labute approximate surface area is 165 Å². The van der Waals surface area contributed by atoms with Crippen molar-refractivity contribution in [2.75, 3.05) is 4.90 Å². The highest BCUT2D eigenvalue weighted by atomic mass is 35.5. The minimum absolute atomic E-state index is 0.205. The van der Waals surface area contributed by atoms with Crippen LogP contribution in [0.4, 0.5) is 10.5 Å². The lowest BCUT2D eigenvalue weighted by Gasteiger charge is -2.26. The van der Waals surface area contributed by atoms with Gasteiger partial charge in [-0.15, -0.1) is 0 Å². The molecule has 1 fully saturated rings. The van der Waals surface area contributed by atoms with E-state index < -0.39 is 17.8 Å². The molecule has 0 spiro atoms. The normalized spacial score (nSPS) is 15.8. The largest absolute Gasteiger partial charge is 0.457 e. The molecule has 1 saturated heterocycles. The molecule has 1 aliphatic heterocycles. The molecule has 4 amide bonds. The van der Waals surface area contributed by atoms with E-state index in [-0.39, 0.29) is 5.57 Å². The number of imide groups is 2. The number of urea groups is 1.